The highest BCUT2D eigenvalue weighted by Gasteiger charge is 2.47. The summed E-state index contributed by atoms with van der Waals surface area (Å²) in [6, 6.07) is 9.99. The van der Waals surface area contributed by atoms with E-state index in [2.05, 4.69) is 15.0 Å². The maximum absolute atomic E-state index is 13.4. The van der Waals surface area contributed by atoms with Crippen LogP contribution in [0, 0.1) is 12.3 Å². The quantitative estimate of drug-likeness (QED) is 0.699. The molecule has 1 aromatic carbocycles. The van der Waals surface area contributed by atoms with E-state index in [1.54, 1.807) is 6.92 Å². The smallest absolute Gasteiger partial charge is 0.270 e. The number of hydrogen-bond donors (Lipinski definition) is 1. The number of para-hydroxylation sites is 1. The Balaban J connectivity index is 1.41. The minimum atomic E-state index is -0.454. The Bertz CT molecular complexity index is 1090. The van der Waals surface area contributed by atoms with Gasteiger partial charge in [0.2, 0.25) is 5.89 Å². The van der Waals surface area contributed by atoms with Crippen LogP contribution in [0.3, 0.4) is 0 Å². The van der Waals surface area contributed by atoms with Crippen molar-refractivity contribution in [3.8, 4) is 0 Å². The number of piperidine rings is 2. The summed E-state index contributed by atoms with van der Waals surface area (Å²) in [5, 5.41) is 16.1. The zero-order valence-corrected chi connectivity index (χ0v) is 17.4. The van der Waals surface area contributed by atoms with Crippen molar-refractivity contribution in [2.24, 2.45) is 12.5 Å². The molecule has 5 rings (SSSR count). The first kappa shape index (κ1) is 19.1. The third-order valence-corrected chi connectivity index (χ3v) is 6.75. The Morgan fingerprint density at radius 1 is 1.27 bits per heavy atom. The topological polar surface area (TPSA) is 87.6 Å². The number of aryl methyl sites for hydroxylation is 2. The molecule has 30 heavy (non-hydrogen) atoms. The van der Waals surface area contributed by atoms with Crippen LogP contribution < -0.4 is 4.90 Å². The number of anilines is 1. The van der Waals surface area contributed by atoms with Gasteiger partial charge < -0.3 is 24.0 Å². The molecule has 2 aromatic heterocycles. The lowest BCUT2D eigenvalue weighted by Gasteiger charge is -2.50. The summed E-state index contributed by atoms with van der Waals surface area (Å²) in [6.07, 6.45) is 1.92. The van der Waals surface area contributed by atoms with Crippen molar-refractivity contribution in [2.75, 3.05) is 31.1 Å². The number of fused-ring (bicyclic) bond motifs is 1. The van der Waals surface area contributed by atoms with E-state index in [0.29, 0.717) is 50.1 Å². The Morgan fingerprint density at radius 3 is 2.87 bits per heavy atom. The van der Waals surface area contributed by atoms with Gasteiger partial charge in [-0.15, -0.1) is 0 Å². The largest absolute Gasteiger partial charge is 0.392 e. The number of aromatic nitrogens is 3. The van der Waals surface area contributed by atoms with Gasteiger partial charge >= 0.3 is 0 Å². The zero-order valence-electron chi connectivity index (χ0n) is 17.4. The zero-order chi connectivity index (χ0) is 20.9. The summed E-state index contributed by atoms with van der Waals surface area (Å²) < 4.78 is 7.11. The lowest BCUT2D eigenvalue weighted by molar-refractivity contribution is -0.0366. The molecule has 0 unspecified atom stereocenters. The number of aliphatic hydroxyl groups is 1. The van der Waals surface area contributed by atoms with Gasteiger partial charge in [-0.05, 0) is 36.6 Å². The molecule has 1 N–H and O–H groups in total. The van der Waals surface area contributed by atoms with E-state index in [9.17, 15) is 9.90 Å². The van der Waals surface area contributed by atoms with Gasteiger partial charge in [-0.25, -0.2) is 0 Å². The van der Waals surface area contributed by atoms with Crippen LogP contribution in [0.15, 0.2) is 34.9 Å². The average Bonchev–Trinajstić information content (AvgIpc) is 3.34. The van der Waals surface area contributed by atoms with E-state index in [0.717, 1.165) is 23.7 Å². The second-order valence-electron chi connectivity index (χ2n) is 8.68. The van der Waals surface area contributed by atoms with Gasteiger partial charge in [0.15, 0.2) is 0 Å². The van der Waals surface area contributed by atoms with Crippen molar-refractivity contribution in [3.63, 3.8) is 0 Å². The van der Waals surface area contributed by atoms with E-state index < -0.39 is 6.10 Å². The highest BCUT2D eigenvalue weighted by Crippen LogP contribution is 2.40. The van der Waals surface area contributed by atoms with Crippen LogP contribution in [0.5, 0.6) is 0 Å². The van der Waals surface area contributed by atoms with Crippen LogP contribution in [0.1, 0.15) is 35.6 Å². The van der Waals surface area contributed by atoms with Crippen molar-refractivity contribution in [1.82, 2.24) is 19.6 Å². The van der Waals surface area contributed by atoms with Gasteiger partial charge in [0.25, 0.3) is 11.9 Å². The summed E-state index contributed by atoms with van der Waals surface area (Å²) in [7, 11) is 1.94. The first-order valence-corrected chi connectivity index (χ1v) is 10.5. The second-order valence-corrected chi connectivity index (χ2v) is 8.68. The summed E-state index contributed by atoms with van der Waals surface area (Å²) in [5.41, 5.74) is 1.35. The van der Waals surface area contributed by atoms with E-state index in [-0.39, 0.29) is 11.3 Å². The molecule has 1 amide bonds. The summed E-state index contributed by atoms with van der Waals surface area (Å²) in [5.74, 6) is 1.12. The first-order valence-electron chi connectivity index (χ1n) is 10.5. The highest BCUT2D eigenvalue weighted by atomic mass is 16.5. The SMILES string of the molecule is Cc1nc(N2CC[C@H](O)[C@@]3(CCCN(C(=O)c4cc5ccccc5n4C)C3)C2)no1. The number of carbonyl (C=O) groups is 1. The molecule has 2 fully saturated rings. The average molecular weight is 409 g/mol. The molecular weight excluding hydrogens is 382 g/mol. The highest BCUT2D eigenvalue weighted by molar-refractivity contribution is 5.98. The first-order chi connectivity index (χ1) is 14.5. The molecule has 2 aliphatic heterocycles. The van der Waals surface area contributed by atoms with Crippen molar-refractivity contribution >= 4 is 22.8 Å². The van der Waals surface area contributed by atoms with Gasteiger partial charge in [0, 0.05) is 56.5 Å². The Kier molecular flexibility index (Phi) is 4.54. The molecule has 0 aliphatic carbocycles. The number of hydrogen-bond acceptors (Lipinski definition) is 6. The molecule has 0 saturated carbocycles. The molecule has 8 nitrogen and oxygen atoms in total. The molecule has 4 heterocycles. The number of carbonyl (C=O) groups excluding carboxylic acids is 1. The fraction of sp³-hybridized carbons (Fsp3) is 0.500. The van der Waals surface area contributed by atoms with Crippen LogP contribution in [0.2, 0.25) is 0 Å². The van der Waals surface area contributed by atoms with Crippen molar-refractivity contribution in [3.05, 3.63) is 41.9 Å². The van der Waals surface area contributed by atoms with Crippen molar-refractivity contribution in [1.29, 1.82) is 0 Å². The number of nitrogens with zero attached hydrogens (tertiary/aromatic N) is 5. The van der Waals surface area contributed by atoms with E-state index in [1.165, 1.54) is 0 Å². The standard InChI is InChI=1S/C22H27N5O3/c1-15-23-21(24-30-15)27-11-8-19(28)22(14-27)9-5-10-26(13-22)20(29)18-12-16-6-3-4-7-17(16)25(18)2/h3-4,6-7,12,19,28H,5,8-11,13-14H2,1-2H3/t19-,22+/m0/s1. The predicted octanol–water partition coefficient (Wildman–Crippen LogP) is 2.36. The molecule has 158 valence electrons. The van der Waals surface area contributed by atoms with Crippen LogP contribution in [-0.4, -0.2) is 62.9 Å². The van der Waals surface area contributed by atoms with E-state index in [1.807, 2.05) is 46.8 Å². The van der Waals surface area contributed by atoms with Gasteiger partial charge in [-0.1, -0.05) is 18.2 Å². The number of benzene rings is 1. The Labute approximate surface area is 175 Å². The minimum Gasteiger partial charge on any atom is -0.392 e. The minimum absolute atomic E-state index is 0.0208. The van der Waals surface area contributed by atoms with E-state index >= 15 is 0 Å². The van der Waals surface area contributed by atoms with Gasteiger partial charge in [-0.2, -0.15) is 4.98 Å². The number of amides is 1. The third kappa shape index (κ3) is 3.06. The second kappa shape index (κ2) is 7.12. The maximum Gasteiger partial charge on any atom is 0.270 e. The molecule has 8 heteroatoms. The van der Waals surface area contributed by atoms with Crippen LogP contribution in [0.25, 0.3) is 10.9 Å². The maximum atomic E-state index is 13.4. The molecular formula is C22H27N5O3. The van der Waals surface area contributed by atoms with Gasteiger partial charge in [0.1, 0.15) is 5.69 Å². The molecule has 2 aliphatic rings. The van der Waals surface area contributed by atoms with Crippen molar-refractivity contribution < 1.29 is 14.4 Å². The number of likely N-dealkylation sites (tertiary alicyclic amines) is 1. The normalized spacial score (nSPS) is 24.7. The predicted molar refractivity (Wildman–Crippen MR) is 112 cm³/mol. The fourth-order valence-electron chi connectivity index (χ4n) is 5.13. The number of rotatable bonds is 2. The van der Waals surface area contributed by atoms with E-state index in [4.69, 9.17) is 4.52 Å². The van der Waals surface area contributed by atoms with Crippen LogP contribution >= 0.6 is 0 Å². The summed E-state index contributed by atoms with van der Waals surface area (Å²) in [4.78, 5) is 21.8. The Morgan fingerprint density at radius 2 is 2.10 bits per heavy atom. The van der Waals surface area contributed by atoms with Gasteiger partial charge in [-0.3, -0.25) is 4.79 Å². The summed E-state index contributed by atoms with van der Waals surface area (Å²) >= 11 is 0. The van der Waals surface area contributed by atoms with Gasteiger partial charge in [0.05, 0.1) is 6.10 Å². The monoisotopic (exact) mass is 409 g/mol. The lowest BCUT2D eigenvalue weighted by Crippen LogP contribution is -2.60. The molecule has 0 radical (unpaired) electrons. The summed E-state index contributed by atoms with van der Waals surface area (Å²) in [6.45, 7) is 4.30. The molecule has 2 saturated heterocycles. The van der Waals surface area contributed by atoms with Crippen LogP contribution in [0.4, 0.5) is 5.95 Å². The van der Waals surface area contributed by atoms with Crippen LogP contribution in [-0.2, 0) is 7.05 Å². The Hall–Kier alpha value is -2.87. The molecule has 3 aromatic rings. The number of aliphatic hydroxyl groups excluding tert-OH is 1. The molecule has 1 spiro atoms. The van der Waals surface area contributed by atoms with Crippen molar-refractivity contribution in [2.45, 2.75) is 32.3 Å². The molecule has 2 atom stereocenters. The molecule has 0 bridgehead atoms. The third-order valence-electron chi connectivity index (χ3n) is 6.75. The lowest BCUT2D eigenvalue weighted by atomic mass is 9.71. The fourth-order valence-corrected chi connectivity index (χ4v) is 5.13.